The second-order valence-corrected chi connectivity index (χ2v) is 7.96. The summed E-state index contributed by atoms with van der Waals surface area (Å²) in [7, 11) is 0. The van der Waals surface area contributed by atoms with Gasteiger partial charge in [-0.2, -0.15) is 0 Å². The van der Waals surface area contributed by atoms with Crippen molar-refractivity contribution < 1.29 is 4.79 Å². The molecule has 1 amide bonds. The van der Waals surface area contributed by atoms with Crippen molar-refractivity contribution in [2.24, 2.45) is 5.92 Å². The molecule has 1 aromatic heterocycles. The number of aromatic nitrogens is 2. The van der Waals surface area contributed by atoms with Gasteiger partial charge in [-0.1, -0.05) is 59.1 Å². The molecule has 3 atom stereocenters. The van der Waals surface area contributed by atoms with E-state index in [1.54, 1.807) is 5.38 Å². The Kier molecular flexibility index (Phi) is 4.64. The number of carbonyl (C=O) groups is 1. The molecule has 142 valence electrons. The number of fused-ring (bicyclic) bond motifs is 1. The van der Waals surface area contributed by atoms with Crippen molar-refractivity contribution in [2.45, 2.75) is 18.5 Å². The first-order valence-electron chi connectivity index (χ1n) is 9.52. The fourth-order valence-corrected chi connectivity index (χ4v) is 4.68. The van der Waals surface area contributed by atoms with Gasteiger partial charge in [-0.3, -0.25) is 10.2 Å². The number of hydrogen-bond acceptors (Lipinski definition) is 6. The SMILES string of the molecule is O=C(c1csnn1)N1CCC2NNC(c3ccc(-c4ccccc4)cc3)C2C1. The molecule has 3 unspecified atom stereocenters. The van der Waals surface area contributed by atoms with Gasteiger partial charge in [-0.15, -0.1) is 5.10 Å². The zero-order valence-corrected chi connectivity index (χ0v) is 16.1. The van der Waals surface area contributed by atoms with Crippen LogP contribution in [0.25, 0.3) is 11.1 Å². The zero-order chi connectivity index (χ0) is 18.9. The smallest absolute Gasteiger partial charge is 0.275 e. The highest BCUT2D eigenvalue weighted by atomic mass is 32.1. The number of rotatable bonds is 3. The van der Waals surface area contributed by atoms with Crippen molar-refractivity contribution in [3.63, 3.8) is 0 Å². The highest BCUT2D eigenvalue weighted by Gasteiger charge is 2.41. The quantitative estimate of drug-likeness (QED) is 0.718. The topological polar surface area (TPSA) is 70.2 Å². The molecule has 2 aliphatic rings. The monoisotopic (exact) mass is 391 g/mol. The number of piperidine rings is 1. The molecule has 0 aliphatic carbocycles. The Balaban J connectivity index is 1.34. The summed E-state index contributed by atoms with van der Waals surface area (Å²) < 4.78 is 3.82. The minimum atomic E-state index is -0.0164. The van der Waals surface area contributed by atoms with E-state index in [1.165, 1.54) is 28.2 Å². The van der Waals surface area contributed by atoms with Crippen LogP contribution in [-0.2, 0) is 0 Å². The number of benzene rings is 2. The first-order chi connectivity index (χ1) is 13.8. The normalized spacial score (nSPS) is 24.1. The maximum atomic E-state index is 12.7. The van der Waals surface area contributed by atoms with E-state index in [1.807, 2.05) is 11.0 Å². The Bertz CT molecular complexity index is 945. The van der Waals surface area contributed by atoms with Gasteiger partial charge in [-0.25, -0.2) is 5.43 Å². The van der Waals surface area contributed by atoms with Gasteiger partial charge in [0.25, 0.3) is 5.91 Å². The lowest BCUT2D eigenvalue weighted by Crippen LogP contribution is -2.47. The van der Waals surface area contributed by atoms with Crippen molar-refractivity contribution in [3.8, 4) is 11.1 Å². The van der Waals surface area contributed by atoms with E-state index in [0.717, 1.165) is 13.0 Å². The second-order valence-electron chi connectivity index (χ2n) is 7.35. The third-order valence-electron chi connectivity index (χ3n) is 5.75. The van der Waals surface area contributed by atoms with Crippen LogP contribution in [0, 0.1) is 5.92 Å². The summed E-state index contributed by atoms with van der Waals surface area (Å²) in [5.41, 5.74) is 11.0. The Labute approximate surface area is 167 Å². The van der Waals surface area contributed by atoms with E-state index in [9.17, 15) is 4.79 Å². The van der Waals surface area contributed by atoms with E-state index in [4.69, 9.17) is 0 Å². The first-order valence-corrected chi connectivity index (χ1v) is 10.4. The third kappa shape index (κ3) is 3.22. The maximum absolute atomic E-state index is 12.7. The molecule has 2 aromatic carbocycles. The maximum Gasteiger partial charge on any atom is 0.275 e. The van der Waals surface area contributed by atoms with Gasteiger partial charge < -0.3 is 4.90 Å². The van der Waals surface area contributed by atoms with Gasteiger partial charge >= 0.3 is 0 Å². The number of nitrogens with one attached hydrogen (secondary N) is 2. The molecule has 2 aliphatic heterocycles. The van der Waals surface area contributed by atoms with Gasteiger partial charge in [0.15, 0.2) is 5.69 Å². The fourth-order valence-electron chi connectivity index (χ4n) is 4.25. The minimum absolute atomic E-state index is 0.0164. The molecule has 2 fully saturated rings. The summed E-state index contributed by atoms with van der Waals surface area (Å²) in [6.07, 6.45) is 0.930. The molecular formula is C21H21N5OS. The number of carbonyl (C=O) groups excluding carboxylic acids is 1. The molecule has 6 nitrogen and oxygen atoms in total. The molecule has 2 N–H and O–H groups in total. The Morgan fingerprint density at radius 1 is 1.04 bits per heavy atom. The van der Waals surface area contributed by atoms with Crippen LogP contribution in [0.15, 0.2) is 60.0 Å². The first kappa shape index (κ1) is 17.5. The summed E-state index contributed by atoms with van der Waals surface area (Å²) in [4.78, 5) is 14.6. The molecule has 0 spiro atoms. The highest BCUT2D eigenvalue weighted by molar-refractivity contribution is 7.03. The molecule has 2 saturated heterocycles. The van der Waals surface area contributed by atoms with E-state index < -0.39 is 0 Å². The lowest BCUT2D eigenvalue weighted by Gasteiger charge is -2.35. The average molecular weight is 392 g/mol. The summed E-state index contributed by atoms with van der Waals surface area (Å²) in [5, 5.41) is 5.66. The molecule has 0 saturated carbocycles. The van der Waals surface area contributed by atoms with Gasteiger partial charge in [0.05, 0.1) is 6.04 Å². The summed E-state index contributed by atoms with van der Waals surface area (Å²) in [6.45, 7) is 1.46. The van der Waals surface area contributed by atoms with Crippen molar-refractivity contribution in [1.82, 2.24) is 25.3 Å². The lowest BCUT2D eigenvalue weighted by molar-refractivity contribution is 0.0646. The summed E-state index contributed by atoms with van der Waals surface area (Å²) >= 11 is 1.21. The van der Waals surface area contributed by atoms with Crippen LogP contribution in [0.2, 0.25) is 0 Å². The van der Waals surface area contributed by atoms with Gasteiger partial charge in [0.2, 0.25) is 0 Å². The van der Waals surface area contributed by atoms with Crippen molar-refractivity contribution >= 4 is 17.4 Å². The number of amides is 1. The van der Waals surface area contributed by atoms with Crippen molar-refractivity contribution in [2.75, 3.05) is 13.1 Å². The number of nitrogens with zero attached hydrogens (tertiary/aromatic N) is 3. The Morgan fingerprint density at radius 2 is 1.82 bits per heavy atom. The van der Waals surface area contributed by atoms with E-state index in [-0.39, 0.29) is 11.9 Å². The fraction of sp³-hybridized carbons (Fsp3) is 0.286. The van der Waals surface area contributed by atoms with Crippen LogP contribution in [0.1, 0.15) is 28.5 Å². The van der Waals surface area contributed by atoms with Crippen LogP contribution in [0.5, 0.6) is 0 Å². The molecule has 3 aromatic rings. The van der Waals surface area contributed by atoms with E-state index in [2.05, 4.69) is 69.0 Å². The number of likely N-dealkylation sites (tertiary alicyclic amines) is 1. The molecule has 7 heteroatoms. The molecular weight excluding hydrogens is 370 g/mol. The van der Waals surface area contributed by atoms with Crippen LogP contribution in [-0.4, -0.2) is 39.5 Å². The lowest BCUT2D eigenvalue weighted by atomic mass is 9.84. The Hall–Kier alpha value is -2.61. The largest absolute Gasteiger partial charge is 0.337 e. The molecule has 3 heterocycles. The van der Waals surface area contributed by atoms with Crippen LogP contribution < -0.4 is 10.9 Å². The predicted octanol–water partition coefficient (Wildman–Crippen LogP) is 2.88. The predicted molar refractivity (Wildman–Crippen MR) is 109 cm³/mol. The standard InChI is InChI=1S/C21H21N5OS/c27-21(19-13-28-25-23-19)26-11-10-18-17(12-26)20(24-22-18)16-8-6-15(7-9-16)14-4-2-1-3-5-14/h1-9,13,17-18,20,22,24H,10-12H2. The van der Waals surface area contributed by atoms with Gasteiger partial charge in [-0.05, 0) is 34.6 Å². The summed E-state index contributed by atoms with van der Waals surface area (Å²) in [6, 6.07) is 19.7. The summed E-state index contributed by atoms with van der Waals surface area (Å²) in [5.74, 6) is 0.309. The average Bonchev–Trinajstić information content (AvgIpc) is 3.44. The van der Waals surface area contributed by atoms with Crippen molar-refractivity contribution in [1.29, 1.82) is 0 Å². The highest BCUT2D eigenvalue weighted by Crippen LogP contribution is 2.35. The molecule has 0 bridgehead atoms. The number of hydrazine groups is 1. The molecule has 5 rings (SSSR count). The molecule has 0 radical (unpaired) electrons. The van der Waals surface area contributed by atoms with Crippen molar-refractivity contribution in [3.05, 3.63) is 71.2 Å². The number of hydrogen-bond donors (Lipinski definition) is 2. The molecule has 28 heavy (non-hydrogen) atoms. The van der Waals surface area contributed by atoms with Crippen LogP contribution in [0.4, 0.5) is 0 Å². The van der Waals surface area contributed by atoms with E-state index >= 15 is 0 Å². The van der Waals surface area contributed by atoms with E-state index in [0.29, 0.717) is 24.2 Å². The van der Waals surface area contributed by atoms with Crippen LogP contribution >= 0.6 is 11.5 Å². The minimum Gasteiger partial charge on any atom is -0.337 e. The zero-order valence-electron chi connectivity index (χ0n) is 15.3. The second kappa shape index (κ2) is 7.43. The van der Waals surface area contributed by atoms with Crippen LogP contribution in [0.3, 0.4) is 0 Å². The van der Waals surface area contributed by atoms with Gasteiger partial charge in [0, 0.05) is 30.4 Å². The van der Waals surface area contributed by atoms with Gasteiger partial charge in [0.1, 0.15) is 0 Å². The Morgan fingerprint density at radius 3 is 2.57 bits per heavy atom. The third-order valence-corrected chi connectivity index (χ3v) is 6.26.